The van der Waals surface area contributed by atoms with Crippen LogP contribution in [-0.2, 0) is 4.74 Å². The van der Waals surface area contributed by atoms with Crippen LogP contribution in [0.1, 0.15) is 33.6 Å². The van der Waals surface area contributed by atoms with E-state index < -0.39 is 0 Å². The molecule has 0 aromatic heterocycles. The summed E-state index contributed by atoms with van der Waals surface area (Å²) in [7, 11) is 0. The molecule has 3 heteroatoms. The first kappa shape index (κ1) is 9.00. The van der Waals surface area contributed by atoms with Gasteiger partial charge in [-0.15, -0.1) is 0 Å². The van der Waals surface area contributed by atoms with Gasteiger partial charge in [-0.05, 0) is 20.8 Å². The first-order chi connectivity index (χ1) is 5.94. The predicted molar refractivity (Wildman–Crippen MR) is 49.3 cm³/mol. The van der Waals surface area contributed by atoms with Crippen molar-refractivity contribution < 1.29 is 14.0 Å². The monoisotopic (exact) mass is 184 g/mol. The van der Waals surface area contributed by atoms with Gasteiger partial charge in [0.1, 0.15) is 18.2 Å². The fourth-order valence-corrected chi connectivity index (χ4v) is 2.22. The Hall–Kier alpha value is -0.570. The lowest BCUT2D eigenvalue weighted by atomic mass is 10.2. The van der Waals surface area contributed by atoms with Crippen molar-refractivity contribution in [2.45, 2.75) is 45.3 Å². The smallest absolute Gasteiger partial charge is 0.414 e. The Morgan fingerprint density at radius 3 is 2.54 bits per heavy atom. The summed E-state index contributed by atoms with van der Waals surface area (Å²) in [5.74, 6) is 0. The van der Waals surface area contributed by atoms with E-state index in [0.29, 0.717) is 10.5 Å². The number of quaternary nitrogens is 1. The Morgan fingerprint density at radius 2 is 2.15 bits per heavy atom. The normalized spacial score (nSPS) is 37.0. The van der Waals surface area contributed by atoms with Crippen molar-refractivity contribution in [3.8, 4) is 0 Å². The summed E-state index contributed by atoms with van der Waals surface area (Å²) in [6.07, 6.45) is 2.39. The SMILES string of the molecule is CC(C)(C)OC(=O)[N+]12CCCC1C2. The lowest BCUT2D eigenvalue weighted by Gasteiger charge is -2.21. The molecular weight excluding hydrogens is 166 g/mol. The third-order valence-corrected chi connectivity index (χ3v) is 2.95. The summed E-state index contributed by atoms with van der Waals surface area (Å²) in [5, 5.41) is 0. The van der Waals surface area contributed by atoms with Crippen molar-refractivity contribution in [2.75, 3.05) is 13.1 Å². The molecule has 2 unspecified atom stereocenters. The lowest BCUT2D eigenvalue weighted by molar-refractivity contribution is -0.726. The molecule has 2 atom stereocenters. The number of rotatable bonds is 0. The Bertz CT molecular complexity index is 244. The van der Waals surface area contributed by atoms with E-state index in [0.717, 1.165) is 13.1 Å². The maximum absolute atomic E-state index is 11.8. The molecule has 0 aromatic rings. The molecule has 0 radical (unpaired) electrons. The topological polar surface area (TPSA) is 26.3 Å². The minimum Gasteiger partial charge on any atom is -0.414 e. The minimum absolute atomic E-state index is 0.00463. The van der Waals surface area contributed by atoms with Gasteiger partial charge in [-0.1, -0.05) is 0 Å². The predicted octanol–water partition coefficient (Wildman–Crippen LogP) is 1.91. The maximum Gasteiger partial charge on any atom is 0.517 e. The van der Waals surface area contributed by atoms with Gasteiger partial charge in [-0.3, -0.25) is 0 Å². The number of carbonyl (C=O) groups is 1. The molecule has 0 aromatic carbocycles. The molecule has 13 heavy (non-hydrogen) atoms. The molecule has 0 spiro atoms. The van der Waals surface area contributed by atoms with Crippen molar-refractivity contribution in [3.63, 3.8) is 0 Å². The van der Waals surface area contributed by atoms with Crippen LogP contribution >= 0.6 is 0 Å². The average Bonchev–Trinajstić information content (AvgIpc) is 2.52. The average molecular weight is 184 g/mol. The maximum atomic E-state index is 11.8. The summed E-state index contributed by atoms with van der Waals surface area (Å²) >= 11 is 0. The highest BCUT2D eigenvalue weighted by molar-refractivity contribution is 5.62. The number of carbonyl (C=O) groups excluding carboxylic acids is 1. The molecule has 2 fully saturated rings. The Balaban J connectivity index is 1.99. The van der Waals surface area contributed by atoms with E-state index in [2.05, 4.69) is 0 Å². The number of hydrogen-bond donors (Lipinski definition) is 0. The van der Waals surface area contributed by atoms with Crippen molar-refractivity contribution in [1.82, 2.24) is 0 Å². The first-order valence-corrected chi connectivity index (χ1v) is 5.04. The van der Waals surface area contributed by atoms with Gasteiger partial charge in [0.25, 0.3) is 0 Å². The van der Waals surface area contributed by atoms with E-state index in [1.807, 2.05) is 20.8 Å². The van der Waals surface area contributed by atoms with Crippen molar-refractivity contribution in [1.29, 1.82) is 0 Å². The molecule has 0 bridgehead atoms. The fourth-order valence-electron chi connectivity index (χ4n) is 2.22. The van der Waals surface area contributed by atoms with Gasteiger partial charge in [0.15, 0.2) is 0 Å². The second kappa shape index (κ2) is 2.47. The zero-order chi connectivity index (χ0) is 9.69. The molecule has 2 aliphatic heterocycles. The van der Waals surface area contributed by atoms with E-state index in [4.69, 9.17) is 4.74 Å². The Kier molecular flexibility index (Phi) is 1.71. The van der Waals surface area contributed by atoms with Gasteiger partial charge in [0.2, 0.25) is 0 Å². The number of fused-ring (bicyclic) bond motifs is 1. The van der Waals surface area contributed by atoms with E-state index in [1.54, 1.807) is 0 Å². The zero-order valence-electron chi connectivity index (χ0n) is 8.67. The van der Waals surface area contributed by atoms with Crippen LogP contribution in [0.15, 0.2) is 0 Å². The summed E-state index contributed by atoms with van der Waals surface area (Å²) in [5.41, 5.74) is -0.334. The highest BCUT2D eigenvalue weighted by Crippen LogP contribution is 2.42. The van der Waals surface area contributed by atoms with Crippen molar-refractivity contribution in [2.24, 2.45) is 0 Å². The van der Waals surface area contributed by atoms with Gasteiger partial charge < -0.3 is 4.74 Å². The van der Waals surface area contributed by atoms with E-state index >= 15 is 0 Å². The molecule has 3 nitrogen and oxygen atoms in total. The molecular formula is C10H18NO2+. The molecule has 0 N–H and O–H groups in total. The number of piperidine rings is 1. The van der Waals surface area contributed by atoms with Crippen LogP contribution in [0, 0.1) is 0 Å². The van der Waals surface area contributed by atoms with Crippen molar-refractivity contribution >= 4 is 6.09 Å². The lowest BCUT2D eigenvalue weighted by Crippen LogP contribution is -2.39. The number of ether oxygens (including phenoxy) is 1. The number of hydrogen-bond acceptors (Lipinski definition) is 2. The van der Waals surface area contributed by atoms with Crippen LogP contribution in [0.5, 0.6) is 0 Å². The number of nitrogens with zero attached hydrogens (tertiary/aromatic N) is 1. The van der Waals surface area contributed by atoms with Gasteiger partial charge in [0.05, 0.1) is 6.54 Å². The highest BCUT2D eigenvalue weighted by Gasteiger charge is 2.65. The van der Waals surface area contributed by atoms with Gasteiger partial charge in [-0.25, -0.2) is 4.48 Å². The van der Waals surface area contributed by atoms with Crippen molar-refractivity contribution in [3.05, 3.63) is 0 Å². The molecule has 1 amide bonds. The van der Waals surface area contributed by atoms with Crippen LogP contribution in [0.2, 0.25) is 0 Å². The van der Waals surface area contributed by atoms with Crippen LogP contribution in [0.25, 0.3) is 0 Å². The Labute approximate surface area is 79.3 Å². The van der Waals surface area contributed by atoms with Crippen LogP contribution in [0.4, 0.5) is 4.79 Å². The van der Waals surface area contributed by atoms with E-state index in [1.165, 1.54) is 12.8 Å². The second-order valence-electron chi connectivity index (χ2n) is 5.22. The molecule has 2 rings (SSSR count). The summed E-state index contributed by atoms with van der Waals surface area (Å²) in [4.78, 5) is 11.8. The first-order valence-electron chi connectivity index (χ1n) is 5.04. The minimum atomic E-state index is -0.334. The third kappa shape index (κ3) is 1.46. The Morgan fingerprint density at radius 1 is 1.46 bits per heavy atom. The van der Waals surface area contributed by atoms with Crippen LogP contribution in [-0.4, -0.2) is 35.3 Å². The highest BCUT2D eigenvalue weighted by atomic mass is 16.6. The fraction of sp³-hybridized carbons (Fsp3) is 0.900. The summed E-state index contributed by atoms with van der Waals surface area (Å²) in [6.45, 7) is 7.81. The van der Waals surface area contributed by atoms with Gasteiger partial charge >= 0.3 is 6.09 Å². The molecule has 2 aliphatic rings. The van der Waals surface area contributed by atoms with Gasteiger partial charge in [0, 0.05) is 12.8 Å². The van der Waals surface area contributed by atoms with E-state index in [-0.39, 0.29) is 11.7 Å². The van der Waals surface area contributed by atoms with Crippen LogP contribution < -0.4 is 0 Å². The third-order valence-electron chi connectivity index (χ3n) is 2.95. The van der Waals surface area contributed by atoms with Crippen LogP contribution in [0.3, 0.4) is 0 Å². The van der Waals surface area contributed by atoms with Gasteiger partial charge in [-0.2, -0.15) is 4.79 Å². The number of amides is 1. The zero-order valence-corrected chi connectivity index (χ0v) is 8.67. The standard InChI is InChI=1S/C10H18NO2/c1-10(2,3)13-9(12)11-6-4-5-8(11)7-11/h8H,4-7H2,1-3H3/q+1. The summed E-state index contributed by atoms with van der Waals surface area (Å²) in [6, 6.07) is 0.592. The molecule has 0 aliphatic carbocycles. The molecule has 74 valence electrons. The van der Waals surface area contributed by atoms with E-state index in [9.17, 15) is 4.79 Å². The molecule has 0 saturated carbocycles. The quantitative estimate of drug-likeness (QED) is 0.424. The largest absolute Gasteiger partial charge is 0.517 e. The molecule has 2 saturated heterocycles. The molecule has 2 heterocycles. The summed E-state index contributed by atoms with van der Waals surface area (Å²) < 4.78 is 6.02. The second-order valence-corrected chi connectivity index (χ2v) is 5.22.